The SMILES string of the molecule is CN1C(CO)C(=O)N(C2CCCCC2)CC1(C)C. The van der Waals surface area contributed by atoms with Crippen LogP contribution in [0.5, 0.6) is 0 Å². The van der Waals surface area contributed by atoms with Crippen LogP contribution in [-0.2, 0) is 4.79 Å². The van der Waals surface area contributed by atoms with Crippen LogP contribution in [0.2, 0.25) is 0 Å². The van der Waals surface area contributed by atoms with Gasteiger partial charge in [0.2, 0.25) is 5.91 Å². The number of hydrogen-bond donors (Lipinski definition) is 1. The topological polar surface area (TPSA) is 43.8 Å². The maximum Gasteiger partial charge on any atom is 0.242 e. The Morgan fingerprint density at radius 2 is 1.89 bits per heavy atom. The van der Waals surface area contributed by atoms with E-state index in [4.69, 9.17) is 0 Å². The van der Waals surface area contributed by atoms with E-state index in [2.05, 4.69) is 13.8 Å². The van der Waals surface area contributed by atoms with Gasteiger partial charge in [-0.25, -0.2) is 0 Å². The molecule has 1 aliphatic carbocycles. The molecule has 4 heteroatoms. The molecule has 0 bridgehead atoms. The summed E-state index contributed by atoms with van der Waals surface area (Å²) in [4.78, 5) is 16.5. The largest absolute Gasteiger partial charge is 0.394 e. The average molecular weight is 254 g/mol. The highest BCUT2D eigenvalue weighted by Crippen LogP contribution is 2.30. The Kier molecular flexibility index (Phi) is 3.97. The molecule has 1 heterocycles. The second-order valence-electron chi connectivity index (χ2n) is 6.38. The molecule has 0 aromatic carbocycles. The predicted molar refractivity (Wildman–Crippen MR) is 71.3 cm³/mol. The molecule has 1 unspecified atom stereocenters. The normalized spacial score (nSPS) is 30.8. The number of nitrogens with zero attached hydrogens (tertiary/aromatic N) is 2. The van der Waals surface area contributed by atoms with Gasteiger partial charge in [0.15, 0.2) is 0 Å². The maximum absolute atomic E-state index is 12.5. The van der Waals surface area contributed by atoms with Crippen LogP contribution in [0.3, 0.4) is 0 Å². The minimum absolute atomic E-state index is 0.0568. The van der Waals surface area contributed by atoms with Gasteiger partial charge in [0.1, 0.15) is 6.04 Å². The molecule has 1 amide bonds. The molecule has 1 atom stereocenters. The molecule has 104 valence electrons. The van der Waals surface area contributed by atoms with Crippen molar-refractivity contribution >= 4 is 5.91 Å². The second-order valence-corrected chi connectivity index (χ2v) is 6.38. The molecule has 0 aromatic rings. The van der Waals surface area contributed by atoms with E-state index in [1.54, 1.807) is 0 Å². The molecule has 1 N–H and O–H groups in total. The summed E-state index contributed by atoms with van der Waals surface area (Å²) in [6.45, 7) is 5.00. The van der Waals surface area contributed by atoms with Crippen LogP contribution < -0.4 is 0 Å². The number of likely N-dealkylation sites (N-methyl/N-ethyl adjacent to an activating group) is 1. The van der Waals surface area contributed by atoms with E-state index in [-0.39, 0.29) is 24.1 Å². The number of carbonyl (C=O) groups excluding carboxylic acids is 1. The van der Waals surface area contributed by atoms with Crippen molar-refractivity contribution in [3.63, 3.8) is 0 Å². The lowest BCUT2D eigenvalue weighted by molar-refractivity contribution is -0.154. The maximum atomic E-state index is 12.5. The van der Waals surface area contributed by atoms with Gasteiger partial charge < -0.3 is 10.0 Å². The third-order valence-corrected chi connectivity index (χ3v) is 4.74. The van der Waals surface area contributed by atoms with Crippen LogP contribution in [0.15, 0.2) is 0 Å². The Labute approximate surface area is 110 Å². The molecule has 2 rings (SSSR count). The first-order valence-electron chi connectivity index (χ1n) is 7.11. The number of carbonyl (C=O) groups is 1. The number of amides is 1. The van der Waals surface area contributed by atoms with Crippen molar-refractivity contribution in [2.75, 3.05) is 20.2 Å². The monoisotopic (exact) mass is 254 g/mol. The number of rotatable bonds is 2. The smallest absolute Gasteiger partial charge is 0.242 e. The third-order valence-electron chi connectivity index (χ3n) is 4.74. The Morgan fingerprint density at radius 3 is 2.44 bits per heavy atom. The highest BCUT2D eigenvalue weighted by Gasteiger charge is 2.44. The Balaban J connectivity index is 2.17. The summed E-state index contributed by atoms with van der Waals surface area (Å²) in [5.41, 5.74) is -0.0568. The van der Waals surface area contributed by atoms with Crippen molar-refractivity contribution in [2.45, 2.75) is 63.6 Å². The van der Waals surface area contributed by atoms with Crippen LogP contribution in [0.4, 0.5) is 0 Å². The summed E-state index contributed by atoms with van der Waals surface area (Å²) in [6, 6.07) is 0.0314. The van der Waals surface area contributed by atoms with E-state index in [0.29, 0.717) is 6.04 Å². The van der Waals surface area contributed by atoms with E-state index in [1.807, 2.05) is 16.8 Å². The van der Waals surface area contributed by atoms with E-state index >= 15 is 0 Å². The van der Waals surface area contributed by atoms with Crippen molar-refractivity contribution in [3.05, 3.63) is 0 Å². The lowest BCUT2D eigenvalue weighted by atomic mass is 9.89. The first-order chi connectivity index (χ1) is 8.47. The molecule has 0 radical (unpaired) electrons. The zero-order valence-electron chi connectivity index (χ0n) is 11.9. The first kappa shape index (κ1) is 13.8. The highest BCUT2D eigenvalue weighted by atomic mass is 16.3. The molecule has 2 fully saturated rings. The van der Waals surface area contributed by atoms with Crippen LogP contribution in [0, 0.1) is 0 Å². The van der Waals surface area contributed by atoms with E-state index in [0.717, 1.165) is 19.4 Å². The molecule has 1 aliphatic heterocycles. The summed E-state index contributed by atoms with van der Waals surface area (Å²) in [6.07, 6.45) is 6.02. The van der Waals surface area contributed by atoms with Gasteiger partial charge in [0, 0.05) is 18.1 Å². The van der Waals surface area contributed by atoms with Crippen molar-refractivity contribution in [3.8, 4) is 0 Å². The summed E-state index contributed by atoms with van der Waals surface area (Å²) < 4.78 is 0. The molecule has 4 nitrogen and oxygen atoms in total. The third kappa shape index (κ3) is 2.41. The van der Waals surface area contributed by atoms with Crippen molar-refractivity contribution in [1.82, 2.24) is 9.80 Å². The van der Waals surface area contributed by atoms with Crippen LogP contribution in [-0.4, -0.2) is 58.6 Å². The fraction of sp³-hybridized carbons (Fsp3) is 0.929. The van der Waals surface area contributed by atoms with Crippen LogP contribution >= 0.6 is 0 Å². The Bertz CT molecular complexity index is 311. The van der Waals surface area contributed by atoms with Crippen molar-refractivity contribution < 1.29 is 9.90 Å². The first-order valence-corrected chi connectivity index (χ1v) is 7.11. The molecular weight excluding hydrogens is 228 g/mol. The summed E-state index contributed by atoms with van der Waals surface area (Å²) in [5, 5.41) is 9.49. The molecule has 2 aliphatic rings. The number of aliphatic hydroxyl groups excluding tert-OH is 1. The van der Waals surface area contributed by atoms with E-state index in [9.17, 15) is 9.90 Å². The number of aliphatic hydroxyl groups is 1. The van der Waals surface area contributed by atoms with Crippen LogP contribution in [0.1, 0.15) is 46.0 Å². The Hall–Kier alpha value is -0.610. The molecule has 0 aromatic heterocycles. The zero-order chi connectivity index (χ0) is 13.3. The highest BCUT2D eigenvalue weighted by molar-refractivity contribution is 5.83. The van der Waals surface area contributed by atoms with Gasteiger partial charge in [0.25, 0.3) is 0 Å². The standard InChI is InChI=1S/C14H26N2O2/c1-14(2)10-16(11-7-5-4-6-8-11)13(18)12(9-17)15(14)3/h11-12,17H,4-10H2,1-3H3. The van der Waals surface area contributed by atoms with Gasteiger partial charge in [-0.05, 0) is 33.7 Å². The van der Waals surface area contributed by atoms with Gasteiger partial charge in [-0.3, -0.25) is 9.69 Å². The minimum atomic E-state index is -0.365. The number of piperazine rings is 1. The van der Waals surface area contributed by atoms with Gasteiger partial charge in [0.05, 0.1) is 6.61 Å². The number of hydrogen-bond acceptors (Lipinski definition) is 3. The van der Waals surface area contributed by atoms with Crippen molar-refractivity contribution in [2.24, 2.45) is 0 Å². The van der Waals surface area contributed by atoms with E-state index < -0.39 is 0 Å². The van der Waals surface area contributed by atoms with Crippen LogP contribution in [0.25, 0.3) is 0 Å². The summed E-state index contributed by atoms with van der Waals surface area (Å²) >= 11 is 0. The fourth-order valence-electron chi connectivity index (χ4n) is 3.29. The summed E-state index contributed by atoms with van der Waals surface area (Å²) in [5.74, 6) is 0.117. The molecule has 1 saturated carbocycles. The lowest BCUT2D eigenvalue weighted by Gasteiger charge is -2.51. The quantitative estimate of drug-likeness (QED) is 0.806. The molecule has 1 saturated heterocycles. The lowest BCUT2D eigenvalue weighted by Crippen LogP contribution is -2.68. The average Bonchev–Trinajstić information content (AvgIpc) is 2.36. The molecule has 0 spiro atoms. The second kappa shape index (κ2) is 5.17. The fourth-order valence-corrected chi connectivity index (χ4v) is 3.29. The molecule has 18 heavy (non-hydrogen) atoms. The van der Waals surface area contributed by atoms with Gasteiger partial charge in [-0.2, -0.15) is 0 Å². The summed E-state index contributed by atoms with van der Waals surface area (Å²) in [7, 11) is 1.94. The Morgan fingerprint density at radius 1 is 1.28 bits per heavy atom. The molecular formula is C14H26N2O2. The van der Waals surface area contributed by atoms with E-state index in [1.165, 1.54) is 19.3 Å². The minimum Gasteiger partial charge on any atom is -0.394 e. The zero-order valence-corrected chi connectivity index (χ0v) is 11.9. The van der Waals surface area contributed by atoms with Crippen molar-refractivity contribution in [1.29, 1.82) is 0 Å². The predicted octanol–water partition coefficient (Wildman–Crippen LogP) is 1.23. The van der Waals surface area contributed by atoms with Gasteiger partial charge in [-0.1, -0.05) is 19.3 Å². The van der Waals surface area contributed by atoms with Gasteiger partial charge >= 0.3 is 0 Å². The van der Waals surface area contributed by atoms with Gasteiger partial charge in [-0.15, -0.1) is 0 Å².